The molecular formula is C19H20N2O5S. The Labute approximate surface area is 159 Å². The number of piperidine rings is 1. The van der Waals surface area contributed by atoms with Crippen molar-refractivity contribution in [3.8, 4) is 0 Å². The smallest absolute Gasteiger partial charge is 0.345 e. The Balaban J connectivity index is 1.56. The standard InChI is InChI=1S/C19H20N2O5S/c1-20-7-2-3-13(16(20)22)17(23)21-8-5-19(6-9-21)15-12(4-10-26-19)11-14(27-15)18(24)25/h2-3,7,11H,4-6,8-10H2,1H3,(H,24,25). The number of carbonyl (C=O) groups excluding carboxylic acids is 1. The number of nitrogens with zero attached hydrogens (tertiary/aromatic N) is 2. The van der Waals surface area contributed by atoms with Gasteiger partial charge in [0.25, 0.3) is 11.5 Å². The number of aryl methyl sites for hydroxylation is 1. The van der Waals surface area contributed by atoms with Gasteiger partial charge in [-0.25, -0.2) is 4.79 Å². The average Bonchev–Trinajstić information content (AvgIpc) is 3.11. The molecule has 0 aliphatic carbocycles. The number of thiophene rings is 1. The second kappa shape index (κ2) is 6.61. The van der Waals surface area contributed by atoms with Crippen molar-refractivity contribution in [2.45, 2.75) is 24.9 Å². The first kappa shape index (κ1) is 17.9. The number of carboxylic acid groups (broad SMARTS) is 1. The zero-order valence-corrected chi connectivity index (χ0v) is 15.8. The highest BCUT2D eigenvalue weighted by Crippen LogP contribution is 2.45. The van der Waals surface area contributed by atoms with Gasteiger partial charge in [0.15, 0.2) is 0 Å². The summed E-state index contributed by atoms with van der Waals surface area (Å²) in [4.78, 5) is 39.3. The van der Waals surface area contributed by atoms with Crippen LogP contribution in [0.1, 0.15) is 43.3 Å². The monoisotopic (exact) mass is 388 g/mol. The fraction of sp³-hybridized carbons (Fsp3) is 0.421. The van der Waals surface area contributed by atoms with Crippen LogP contribution in [0.25, 0.3) is 0 Å². The summed E-state index contributed by atoms with van der Waals surface area (Å²) >= 11 is 1.28. The molecule has 142 valence electrons. The quantitative estimate of drug-likeness (QED) is 0.848. The number of aromatic nitrogens is 1. The minimum atomic E-state index is -0.919. The van der Waals surface area contributed by atoms with Gasteiger partial charge in [-0.1, -0.05) is 0 Å². The molecule has 2 aliphatic heterocycles. The van der Waals surface area contributed by atoms with Crippen LogP contribution in [0.4, 0.5) is 0 Å². The van der Waals surface area contributed by atoms with Crippen LogP contribution in [0.3, 0.4) is 0 Å². The number of rotatable bonds is 2. The van der Waals surface area contributed by atoms with Crippen LogP contribution < -0.4 is 5.56 Å². The minimum absolute atomic E-state index is 0.172. The molecule has 7 nitrogen and oxygen atoms in total. The first-order valence-electron chi connectivity index (χ1n) is 8.87. The number of hydrogen-bond acceptors (Lipinski definition) is 5. The van der Waals surface area contributed by atoms with Gasteiger partial charge >= 0.3 is 5.97 Å². The molecule has 0 saturated carbocycles. The van der Waals surface area contributed by atoms with Gasteiger partial charge in [0, 0.05) is 31.2 Å². The molecule has 27 heavy (non-hydrogen) atoms. The summed E-state index contributed by atoms with van der Waals surface area (Å²) in [5.41, 5.74) is 0.388. The number of carboxylic acids is 1. The molecule has 0 radical (unpaired) electrons. The lowest BCUT2D eigenvalue weighted by Crippen LogP contribution is -2.48. The summed E-state index contributed by atoms with van der Waals surface area (Å²) in [6.07, 6.45) is 3.53. The Morgan fingerprint density at radius 3 is 2.74 bits per heavy atom. The van der Waals surface area contributed by atoms with Crippen molar-refractivity contribution in [2.75, 3.05) is 19.7 Å². The van der Waals surface area contributed by atoms with Crippen molar-refractivity contribution in [3.63, 3.8) is 0 Å². The molecule has 2 aliphatic rings. The second-order valence-electron chi connectivity index (χ2n) is 6.99. The van der Waals surface area contributed by atoms with Gasteiger partial charge in [0.2, 0.25) is 0 Å². The Hall–Kier alpha value is -2.45. The van der Waals surface area contributed by atoms with Crippen molar-refractivity contribution in [1.82, 2.24) is 9.47 Å². The Morgan fingerprint density at radius 1 is 1.30 bits per heavy atom. The van der Waals surface area contributed by atoms with E-state index in [1.54, 1.807) is 36.3 Å². The zero-order valence-electron chi connectivity index (χ0n) is 14.9. The van der Waals surface area contributed by atoms with Crippen LogP contribution in [0, 0.1) is 0 Å². The fourth-order valence-electron chi connectivity index (χ4n) is 3.90. The number of ether oxygens (including phenoxy) is 1. The maximum absolute atomic E-state index is 12.8. The summed E-state index contributed by atoms with van der Waals surface area (Å²) in [7, 11) is 1.62. The van der Waals surface area contributed by atoms with Crippen molar-refractivity contribution in [1.29, 1.82) is 0 Å². The van der Waals surface area contributed by atoms with Gasteiger partial charge in [-0.3, -0.25) is 9.59 Å². The SMILES string of the molecule is Cn1cccc(C(=O)N2CCC3(CC2)OCCc2cc(C(=O)O)sc23)c1=O. The van der Waals surface area contributed by atoms with E-state index in [0.29, 0.717) is 43.8 Å². The molecule has 0 aromatic carbocycles. The van der Waals surface area contributed by atoms with Crippen LogP contribution in [0.15, 0.2) is 29.2 Å². The number of hydrogen-bond donors (Lipinski definition) is 1. The van der Waals surface area contributed by atoms with E-state index < -0.39 is 11.6 Å². The molecule has 1 saturated heterocycles. The molecule has 2 aromatic heterocycles. The number of fused-ring (bicyclic) bond motifs is 2. The predicted molar refractivity (Wildman–Crippen MR) is 99.4 cm³/mol. The van der Waals surface area contributed by atoms with Gasteiger partial charge in [-0.15, -0.1) is 11.3 Å². The highest BCUT2D eigenvalue weighted by atomic mass is 32.1. The van der Waals surface area contributed by atoms with Gasteiger partial charge in [-0.05, 0) is 43.0 Å². The average molecular weight is 388 g/mol. The topological polar surface area (TPSA) is 88.8 Å². The van der Waals surface area contributed by atoms with Gasteiger partial charge in [0.1, 0.15) is 16.0 Å². The molecule has 1 amide bonds. The molecule has 0 bridgehead atoms. The fourth-order valence-corrected chi connectivity index (χ4v) is 5.15. The lowest BCUT2D eigenvalue weighted by Gasteiger charge is -2.43. The van der Waals surface area contributed by atoms with Crippen LogP contribution >= 0.6 is 11.3 Å². The van der Waals surface area contributed by atoms with Crippen LogP contribution in [-0.4, -0.2) is 46.1 Å². The van der Waals surface area contributed by atoms with Gasteiger partial charge in [-0.2, -0.15) is 0 Å². The van der Waals surface area contributed by atoms with Crippen molar-refractivity contribution < 1.29 is 19.4 Å². The summed E-state index contributed by atoms with van der Waals surface area (Å²) in [5, 5.41) is 9.30. The van der Waals surface area contributed by atoms with Crippen molar-refractivity contribution in [3.05, 3.63) is 55.6 Å². The lowest BCUT2D eigenvalue weighted by atomic mass is 9.85. The minimum Gasteiger partial charge on any atom is -0.477 e. The Kier molecular flexibility index (Phi) is 4.39. The number of aromatic carboxylic acids is 1. The van der Waals surface area contributed by atoms with Gasteiger partial charge in [0.05, 0.1) is 6.61 Å². The van der Waals surface area contributed by atoms with E-state index in [4.69, 9.17) is 4.74 Å². The molecular weight excluding hydrogens is 368 g/mol. The summed E-state index contributed by atoms with van der Waals surface area (Å²) in [6, 6.07) is 5.00. The van der Waals surface area contributed by atoms with Crippen molar-refractivity contribution >= 4 is 23.2 Å². The normalized spacial score (nSPS) is 18.3. The molecule has 2 aromatic rings. The van der Waals surface area contributed by atoms with Crippen LogP contribution in [-0.2, 0) is 23.8 Å². The first-order chi connectivity index (χ1) is 12.9. The van der Waals surface area contributed by atoms with Crippen molar-refractivity contribution in [2.24, 2.45) is 7.05 Å². The molecule has 0 unspecified atom stereocenters. The molecule has 1 spiro atoms. The first-order valence-corrected chi connectivity index (χ1v) is 9.68. The highest BCUT2D eigenvalue weighted by Gasteiger charge is 2.43. The van der Waals surface area contributed by atoms with Crippen LogP contribution in [0.2, 0.25) is 0 Å². The number of amides is 1. The number of likely N-dealkylation sites (tertiary alicyclic amines) is 1. The third-order valence-corrected chi connectivity index (χ3v) is 6.75. The molecule has 8 heteroatoms. The highest BCUT2D eigenvalue weighted by molar-refractivity contribution is 7.14. The van der Waals surface area contributed by atoms with E-state index in [0.717, 1.165) is 10.4 Å². The number of pyridine rings is 1. The molecule has 1 N–H and O–H groups in total. The van der Waals surface area contributed by atoms with E-state index in [1.165, 1.54) is 15.9 Å². The van der Waals surface area contributed by atoms with E-state index in [9.17, 15) is 19.5 Å². The van der Waals surface area contributed by atoms with Crippen LogP contribution in [0.5, 0.6) is 0 Å². The Bertz CT molecular complexity index is 969. The third kappa shape index (κ3) is 2.98. The maximum Gasteiger partial charge on any atom is 0.345 e. The van der Waals surface area contributed by atoms with Gasteiger partial charge < -0.3 is 19.3 Å². The molecule has 4 rings (SSSR count). The molecule has 0 atom stereocenters. The Morgan fingerprint density at radius 2 is 2.04 bits per heavy atom. The number of carbonyl (C=O) groups is 2. The molecule has 4 heterocycles. The summed E-state index contributed by atoms with van der Waals surface area (Å²) in [5.74, 6) is -1.18. The third-order valence-electron chi connectivity index (χ3n) is 5.40. The van der Waals surface area contributed by atoms with E-state index in [2.05, 4.69) is 0 Å². The predicted octanol–water partition coefficient (Wildman–Crippen LogP) is 1.85. The largest absolute Gasteiger partial charge is 0.477 e. The maximum atomic E-state index is 12.8. The lowest BCUT2D eigenvalue weighted by molar-refractivity contribution is -0.0906. The van der Waals surface area contributed by atoms with E-state index in [1.807, 2.05) is 0 Å². The summed E-state index contributed by atoms with van der Waals surface area (Å²) < 4.78 is 7.51. The second-order valence-corrected chi connectivity index (χ2v) is 8.05. The summed E-state index contributed by atoms with van der Waals surface area (Å²) in [6.45, 7) is 1.49. The van der Waals surface area contributed by atoms with E-state index >= 15 is 0 Å². The zero-order chi connectivity index (χ0) is 19.2. The molecule has 1 fully saturated rings. The van der Waals surface area contributed by atoms with E-state index in [-0.39, 0.29) is 17.0 Å².